The molecule has 0 bridgehead atoms. The zero-order valence-electron chi connectivity index (χ0n) is 22.3. The van der Waals surface area contributed by atoms with Crippen molar-refractivity contribution < 1.29 is 28.5 Å². The molecule has 1 atom stereocenters. The second-order valence-corrected chi connectivity index (χ2v) is 10.8. The lowest BCUT2D eigenvalue weighted by atomic mass is 9.95. The summed E-state index contributed by atoms with van der Waals surface area (Å²) in [5.74, 6) is -0.514. The van der Waals surface area contributed by atoms with Crippen molar-refractivity contribution in [3.05, 3.63) is 76.3 Å². The van der Waals surface area contributed by atoms with Crippen LogP contribution in [0.25, 0.3) is 22.0 Å². The second-order valence-electron chi connectivity index (χ2n) is 9.50. The van der Waals surface area contributed by atoms with Crippen LogP contribution < -0.4 is 4.68 Å². The number of carbonyl (C=O) groups is 2. The number of esters is 1. The fourth-order valence-electron chi connectivity index (χ4n) is 3.70. The van der Waals surface area contributed by atoms with Crippen LogP contribution in [0.15, 0.2) is 60.0 Å². The van der Waals surface area contributed by atoms with Crippen LogP contribution in [0.5, 0.6) is 0 Å². The zero-order chi connectivity index (χ0) is 28.9. The third kappa shape index (κ3) is 6.65. The van der Waals surface area contributed by atoms with Gasteiger partial charge in [0.05, 0.1) is 10.5 Å². The van der Waals surface area contributed by atoms with Crippen molar-refractivity contribution in [2.45, 2.75) is 33.6 Å². The van der Waals surface area contributed by atoms with Gasteiger partial charge in [0.2, 0.25) is 5.69 Å². The first-order chi connectivity index (χ1) is 19.1. The van der Waals surface area contributed by atoms with Crippen molar-refractivity contribution in [2.75, 3.05) is 6.61 Å². The third-order valence-electron chi connectivity index (χ3n) is 5.91. The Labute approximate surface area is 240 Å². The highest BCUT2D eigenvalue weighted by Gasteiger charge is 2.34. The van der Waals surface area contributed by atoms with Crippen LogP contribution in [-0.2, 0) is 32.7 Å². The Morgan fingerprint density at radius 2 is 1.85 bits per heavy atom. The molecule has 0 aliphatic heterocycles. The highest BCUT2D eigenvalue weighted by atomic mass is 35.5. The van der Waals surface area contributed by atoms with E-state index >= 15 is 0 Å². The van der Waals surface area contributed by atoms with Gasteiger partial charge in [-0.2, -0.15) is 5.26 Å². The largest absolute Gasteiger partial charge is 0.510 e. The molecule has 2 heterocycles. The molecule has 10 nitrogen and oxygen atoms in total. The molecule has 0 aliphatic carbocycles. The molecule has 0 fully saturated rings. The lowest BCUT2D eigenvalue weighted by molar-refractivity contribution is -0.755. The van der Waals surface area contributed by atoms with Crippen LogP contribution in [0.3, 0.4) is 0 Å². The van der Waals surface area contributed by atoms with Gasteiger partial charge in [-0.15, -0.1) is 16.0 Å². The quantitative estimate of drug-likeness (QED) is 0.189. The van der Waals surface area contributed by atoms with E-state index in [4.69, 9.17) is 25.8 Å². The first-order valence-electron chi connectivity index (χ1n) is 12.2. The van der Waals surface area contributed by atoms with Gasteiger partial charge in [0.25, 0.3) is 6.23 Å². The summed E-state index contributed by atoms with van der Waals surface area (Å²) in [5, 5.41) is 17.2. The van der Waals surface area contributed by atoms with Crippen LogP contribution in [0.4, 0.5) is 4.79 Å². The summed E-state index contributed by atoms with van der Waals surface area (Å²) in [5.41, 5.74) is 1.77. The lowest BCUT2D eigenvalue weighted by Gasteiger charge is -2.22. The monoisotopic (exact) mass is 580 g/mol. The molecule has 0 saturated heterocycles. The highest BCUT2D eigenvalue weighted by molar-refractivity contribution is 7.13. The SMILES string of the molecule is CC(OC(=O)OCC(C)(C)C(=O)OCc1ccccc1)n1nc(C#N)c(-c2csc(-c3ccc(Cl)cc3)n2)[n+]1C. The molecular weight excluding hydrogens is 554 g/mol. The van der Waals surface area contributed by atoms with Gasteiger partial charge < -0.3 is 14.2 Å². The van der Waals surface area contributed by atoms with Crippen LogP contribution in [0.1, 0.15) is 38.3 Å². The molecule has 40 heavy (non-hydrogen) atoms. The van der Waals surface area contributed by atoms with E-state index in [1.54, 1.807) is 44.6 Å². The number of halogens is 1. The molecule has 206 valence electrons. The molecule has 12 heteroatoms. The summed E-state index contributed by atoms with van der Waals surface area (Å²) < 4.78 is 17.6. The molecule has 0 N–H and O–H groups in total. The smallest absolute Gasteiger partial charge is 0.460 e. The second kappa shape index (κ2) is 12.3. The Kier molecular flexibility index (Phi) is 8.82. The predicted molar refractivity (Wildman–Crippen MR) is 147 cm³/mol. The maximum Gasteiger partial charge on any atom is 0.510 e. The summed E-state index contributed by atoms with van der Waals surface area (Å²) in [4.78, 5) is 31.0. The van der Waals surface area contributed by atoms with Crippen molar-refractivity contribution >= 4 is 35.1 Å². The number of rotatable bonds is 9. The molecule has 4 rings (SSSR count). The van der Waals surface area contributed by atoms with E-state index in [2.05, 4.69) is 16.2 Å². The van der Waals surface area contributed by atoms with Gasteiger partial charge in [-0.1, -0.05) is 54.1 Å². The Balaban J connectivity index is 1.39. The van der Waals surface area contributed by atoms with Gasteiger partial charge in [0.1, 0.15) is 31.0 Å². The number of nitriles is 1. The minimum Gasteiger partial charge on any atom is -0.460 e. The van der Waals surface area contributed by atoms with Crippen LogP contribution in [0.2, 0.25) is 5.02 Å². The van der Waals surface area contributed by atoms with Crippen molar-refractivity contribution in [3.63, 3.8) is 0 Å². The number of nitrogens with zero attached hydrogens (tertiary/aromatic N) is 5. The fraction of sp³-hybridized carbons (Fsp3) is 0.286. The molecule has 2 aromatic carbocycles. The maximum absolute atomic E-state index is 12.5. The van der Waals surface area contributed by atoms with Gasteiger partial charge in [0, 0.05) is 16.0 Å². The molecule has 0 saturated carbocycles. The first-order valence-corrected chi connectivity index (χ1v) is 13.5. The number of hydrogen-bond donors (Lipinski definition) is 0. The Morgan fingerprint density at radius 3 is 2.52 bits per heavy atom. The van der Waals surface area contributed by atoms with E-state index in [1.165, 1.54) is 16.1 Å². The molecule has 0 amide bonds. The average Bonchev–Trinajstić information content (AvgIpc) is 3.55. The van der Waals surface area contributed by atoms with E-state index in [1.807, 2.05) is 47.8 Å². The normalized spacial score (nSPS) is 11.9. The van der Waals surface area contributed by atoms with Crippen LogP contribution >= 0.6 is 22.9 Å². The Morgan fingerprint density at radius 1 is 1.15 bits per heavy atom. The van der Waals surface area contributed by atoms with E-state index in [9.17, 15) is 14.9 Å². The van der Waals surface area contributed by atoms with Crippen molar-refractivity contribution in [1.82, 2.24) is 14.9 Å². The van der Waals surface area contributed by atoms with Crippen molar-refractivity contribution in [2.24, 2.45) is 12.5 Å². The molecule has 1 unspecified atom stereocenters. The van der Waals surface area contributed by atoms with Crippen molar-refractivity contribution in [3.8, 4) is 28.0 Å². The minimum atomic E-state index is -1.10. The first kappa shape index (κ1) is 28.7. The maximum atomic E-state index is 12.5. The standard InChI is InChI=1S/C28H27ClN5O5S/c1-18(39-27(36)38-17-28(2,3)26(35)37-15-19-8-6-5-7-9-19)34-32-22(14-30)24(33(34)4)23-16-40-25(31-23)20-10-12-21(29)13-11-20/h5-13,16,18H,15,17H2,1-4H3/q+1. The number of carbonyl (C=O) groups excluding carboxylic acids is 2. The van der Waals surface area contributed by atoms with E-state index < -0.39 is 23.8 Å². The third-order valence-corrected chi connectivity index (χ3v) is 7.05. The van der Waals surface area contributed by atoms with E-state index in [0.29, 0.717) is 16.4 Å². The number of hydrogen-bond acceptors (Lipinski definition) is 9. The Hall–Kier alpha value is -4.27. The lowest BCUT2D eigenvalue weighted by Crippen LogP contribution is -2.44. The van der Waals surface area contributed by atoms with Crippen molar-refractivity contribution in [1.29, 1.82) is 5.26 Å². The highest BCUT2D eigenvalue weighted by Crippen LogP contribution is 2.29. The van der Waals surface area contributed by atoms with Gasteiger partial charge in [-0.3, -0.25) is 4.79 Å². The number of thiazole rings is 1. The summed E-state index contributed by atoms with van der Waals surface area (Å²) in [6.45, 7) is 4.67. The predicted octanol–water partition coefficient (Wildman–Crippen LogP) is 5.46. The van der Waals surface area contributed by atoms with Gasteiger partial charge in [-0.05, 0) is 43.3 Å². The molecular formula is C28H27ClN5O5S+. The number of benzene rings is 2. The summed E-state index contributed by atoms with van der Waals surface area (Å²) in [6.07, 6.45) is -1.92. The van der Waals surface area contributed by atoms with Gasteiger partial charge >= 0.3 is 17.8 Å². The summed E-state index contributed by atoms with van der Waals surface area (Å²) in [7, 11) is 1.68. The van der Waals surface area contributed by atoms with Crippen LogP contribution in [-0.4, -0.2) is 33.6 Å². The Bertz CT molecular complexity index is 1540. The summed E-state index contributed by atoms with van der Waals surface area (Å²) in [6, 6.07) is 18.6. The average molecular weight is 581 g/mol. The zero-order valence-corrected chi connectivity index (χ0v) is 23.9. The van der Waals surface area contributed by atoms with E-state index in [0.717, 1.165) is 16.1 Å². The van der Waals surface area contributed by atoms with Gasteiger partial charge in [0.15, 0.2) is 6.07 Å². The molecule has 0 spiro atoms. The number of aromatic nitrogens is 4. The molecule has 2 aromatic heterocycles. The minimum absolute atomic E-state index is 0.113. The topological polar surface area (TPSA) is 120 Å². The molecule has 0 aliphatic rings. The molecule has 0 radical (unpaired) electrons. The number of ether oxygens (including phenoxy) is 3. The van der Waals surface area contributed by atoms with Crippen LogP contribution in [0, 0.1) is 16.7 Å². The molecule has 4 aromatic rings. The van der Waals surface area contributed by atoms with E-state index in [-0.39, 0.29) is 18.9 Å². The fourth-order valence-corrected chi connectivity index (χ4v) is 4.64. The summed E-state index contributed by atoms with van der Waals surface area (Å²) >= 11 is 7.40. The van der Waals surface area contributed by atoms with Gasteiger partial charge in [-0.25, -0.2) is 9.78 Å².